The summed E-state index contributed by atoms with van der Waals surface area (Å²) in [7, 11) is 1.63. The van der Waals surface area contributed by atoms with Gasteiger partial charge in [0, 0.05) is 44.4 Å². The lowest BCUT2D eigenvalue weighted by molar-refractivity contribution is 0.159. The van der Waals surface area contributed by atoms with Crippen molar-refractivity contribution in [3.8, 4) is 11.1 Å². The van der Waals surface area contributed by atoms with Crippen LogP contribution < -0.4 is 10.6 Å². The number of aryl methyl sites for hydroxylation is 1. The Kier molecular flexibility index (Phi) is 7.49. The maximum atomic E-state index is 13.9. The van der Waals surface area contributed by atoms with E-state index in [1.165, 1.54) is 6.07 Å². The lowest BCUT2D eigenvalue weighted by Gasteiger charge is -2.21. The number of urea groups is 1. The van der Waals surface area contributed by atoms with Crippen molar-refractivity contribution in [2.45, 2.75) is 18.9 Å². The molecular weight excluding hydrogens is 438 g/mol. The van der Waals surface area contributed by atoms with E-state index in [-0.39, 0.29) is 18.0 Å². The van der Waals surface area contributed by atoms with Gasteiger partial charge in [-0.2, -0.15) is 0 Å². The standard InChI is InChI=1S/C26H28F2N4O2/c1-17-24(13-20(14-29-17)18-6-4-3-5-7-18)30-26(33)31-25-16-32(10-11-34-2)15-21(25)19-8-9-22(27)23(28)12-19/h3-9,12-14,21,25H,10-11,15-16H2,1-2H3,(H2,30,31,33). The number of rotatable bonds is 7. The van der Waals surface area contributed by atoms with Crippen LogP contribution in [0.2, 0.25) is 0 Å². The molecule has 178 valence electrons. The summed E-state index contributed by atoms with van der Waals surface area (Å²) in [5.74, 6) is -1.97. The van der Waals surface area contributed by atoms with Crippen LogP contribution in [-0.2, 0) is 4.74 Å². The number of ether oxygens (including phenoxy) is 1. The van der Waals surface area contributed by atoms with Gasteiger partial charge < -0.3 is 15.4 Å². The maximum absolute atomic E-state index is 13.9. The molecule has 6 nitrogen and oxygen atoms in total. The third-order valence-corrected chi connectivity index (χ3v) is 6.14. The van der Waals surface area contributed by atoms with E-state index in [0.29, 0.717) is 43.2 Å². The molecule has 0 spiro atoms. The van der Waals surface area contributed by atoms with Gasteiger partial charge in [0.2, 0.25) is 0 Å². The average molecular weight is 467 g/mol. The number of benzene rings is 2. The first-order chi connectivity index (χ1) is 16.4. The molecule has 1 aliphatic rings. The Morgan fingerprint density at radius 2 is 1.88 bits per heavy atom. The van der Waals surface area contributed by atoms with Crippen molar-refractivity contribution < 1.29 is 18.3 Å². The van der Waals surface area contributed by atoms with Gasteiger partial charge in [-0.1, -0.05) is 36.4 Å². The second-order valence-corrected chi connectivity index (χ2v) is 8.46. The van der Waals surface area contributed by atoms with Crippen molar-refractivity contribution in [3.63, 3.8) is 0 Å². The molecule has 8 heteroatoms. The summed E-state index contributed by atoms with van der Waals surface area (Å²) in [5.41, 5.74) is 3.85. The molecule has 4 rings (SSSR count). The predicted molar refractivity (Wildman–Crippen MR) is 128 cm³/mol. The quantitative estimate of drug-likeness (QED) is 0.535. The van der Waals surface area contributed by atoms with Gasteiger partial charge in [0.25, 0.3) is 0 Å². The number of carbonyl (C=O) groups is 1. The fraction of sp³-hybridized carbons (Fsp3) is 0.308. The Hall–Kier alpha value is -3.36. The normalized spacial score (nSPS) is 18.1. The average Bonchev–Trinajstić information content (AvgIpc) is 3.23. The van der Waals surface area contributed by atoms with Crippen LogP contribution >= 0.6 is 0 Å². The minimum absolute atomic E-state index is 0.187. The summed E-state index contributed by atoms with van der Waals surface area (Å²) in [6.07, 6.45) is 1.78. The molecule has 1 aromatic heterocycles. The summed E-state index contributed by atoms with van der Waals surface area (Å²) < 4.78 is 32.6. The highest BCUT2D eigenvalue weighted by atomic mass is 19.2. The Labute approximate surface area is 198 Å². The Bertz CT molecular complexity index is 1140. The predicted octanol–water partition coefficient (Wildman–Crippen LogP) is 4.57. The lowest BCUT2D eigenvalue weighted by Crippen LogP contribution is -2.42. The number of nitrogens with zero attached hydrogens (tertiary/aromatic N) is 2. The molecule has 1 aliphatic heterocycles. The lowest BCUT2D eigenvalue weighted by atomic mass is 9.94. The molecule has 2 atom stereocenters. The first kappa shape index (κ1) is 23.8. The van der Waals surface area contributed by atoms with E-state index in [9.17, 15) is 13.6 Å². The van der Waals surface area contributed by atoms with Crippen molar-refractivity contribution in [2.75, 3.05) is 38.7 Å². The van der Waals surface area contributed by atoms with Crippen molar-refractivity contribution >= 4 is 11.7 Å². The zero-order valence-electron chi connectivity index (χ0n) is 19.2. The molecule has 3 aromatic rings. The Balaban J connectivity index is 1.50. The molecule has 2 amide bonds. The molecule has 34 heavy (non-hydrogen) atoms. The van der Waals surface area contributed by atoms with Crippen LogP contribution in [0.5, 0.6) is 0 Å². The molecular formula is C26H28F2N4O2. The highest BCUT2D eigenvalue weighted by Crippen LogP contribution is 2.29. The number of nitrogens with one attached hydrogen (secondary N) is 2. The number of amides is 2. The number of pyridine rings is 1. The number of aromatic nitrogens is 1. The van der Waals surface area contributed by atoms with E-state index in [2.05, 4.69) is 20.5 Å². The number of hydrogen-bond acceptors (Lipinski definition) is 4. The molecule has 0 bridgehead atoms. The SMILES string of the molecule is COCCN1CC(NC(=O)Nc2cc(-c3ccccc3)cnc2C)C(c2ccc(F)c(F)c2)C1. The third kappa shape index (κ3) is 5.58. The Morgan fingerprint density at radius 1 is 1.09 bits per heavy atom. The fourth-order valence-corrected chi connectivity index (χ4v) is 4.29. The van der Waals surface area contributed by atoms with Crippen LogP contribution in [0.3, 0.4) is 0 Å². The number of halogens is 2. The van der Waals surface area contributed by atoms with Crippen LogP contribution in [0.1, 0.15) is 17.2 Å². The molecule has 0 saturated carbocycles. The monoisotopic (exact) mass is 466 g/mol. The van der Waals surface area contributed by atoms with Crippen molar-refractivity contribution in [1.82, 2.24) is 15.2 Å². The first-order valence-electron chi connectivity index (χ1n) is 11.2. The summed E-state index contributed by atoms with van der Waals surface area (Å²) in [6.45, 7) is 4.22. The molecule has 2 aromatic carbocycles. The fourth-order valence-electron chi connectivity index (χ4n) is 4.29. The van der Waals surface area contributed by atoms with E-state index < -0.39 is 11.6 Å². The smallest absolute Gasteiger partial charge is 0.319 e. The van der Waals surface area contributed by atoms with Gasteiger partial charge in [0.15, 0.2) is 11.6 Å². The van der Waals surface area contributed by atoms with Crippen molar-refractivity contribution in [2.24, 2.45) is 0 Å². The van der Waals surface area contributed by atoms with Crippen LogP contribution in [0.4, 0.5) is 19.3 Å². The summed E-state index contributed by atoms with van der Waals surface area (Å²) in [6, 6.07) is 15.0. The number of anilines is 1. The topological polar surface area (TPSA) is 66.5 Å². The first-order valence-corrected chi connectivity index (χ1v) is 11.2. The van der Waals surface area contributed by atoms with Crippen molar-refractivity contribution in [1.29, 1.82) is 0 Å². The molecule has 1 saturated heterocycles. The molecule has 0 aliphatic carbocycles. The largest absolute Gasteiger partial charge is 0.383 e. The Morgan fingerprint density at radius 3 is 2.62 bits per heavy atom. The van der Waals surface area contributed by atoms with Gasteiger partial charge in [0.05, 0.1) is 24.0 Å². The third-order valence-electron chi connectivity index (χ3n) is 6.14. The van der Waals surface area contributed by atoms with Crippen LogP contribution in [0.25, 0.3) is 11.1 Å². The number of carbonyl (C=O) groups excluding carboxylic acids is 1. The van der Waals surface area contributed by atoms with Gasteiger partial charge in [-0.3, -0.25) is 9.88 Å². The van der Waals surface area contributed by atoms with Gasteiger partial charge in [0.1, 0.15) is 0 Å². The number of likely N-dealkylation sites (tertiary alicyclic amines) is 1. The zero-order valence-corrected chi connectivity index (χ0v) is 19.2. The van der Waals surface area contributed by atoms with E-state index in [0.717, 1.165) is 17.2 Å². The molecule has 2 N–H and O–H groups in total. The van der Waals surface area contributed by atoms with Crippen molar-refractivity contribution in [3.05, 3.63) is 83.7 Å². The van der Waals surface area contributed by atoms with Crippen LogP contribution in [0.15, 0.2) is 60.8 Å². The van der Waals surface area contributed by atoms with Gasteiger partial charge >= 0.3 is 6.03 Å². The summed E-state index contributed by atoms with van der Waals surface area (Å²) >= 11 is 0. The van der Waals surface area contributed by atoms with Crippen LogP contribution in [-0.4, -0.2) is 55.3 Å². The summed E-state index contributed by atoms with van der Waals surface area (Å²) in [4.78, 5) is 19.5. The minimum atomic E-state index is -0.893. The molecule has 0 radical (unpaired) electrons. The molecule has 2 unspecified atom stereocenters. The maximum Gasteiger partial charge on any atom is 0.319 e. The highest BCUT2D eigenvalue weighted by Gasteiger charge is 2.35. The highest BCUT2D eigenvalue weighted by molar-refractivity contribution is 5.91. The molecule has 2 heterocycles. The van der Waals surface area contributed by atoms with E-state index in [1.807, 2.05) is 43.3 Å². The van der Waals surface area contributed by atoms with Gasteiger partial charge in [-0.05, 0) is 36.2 Å². The summed E-state index contributed by atoms with van der Waals surface area (Å²) in [5, 5.41) is 5.93. The second-order valence-electron chi connectivity index (χ2n) is 8.46. The molecule has 1 fully saturated rings. The minimum Gasteiger partial charge on any atom is -0.383 e. The number of methoxy groups -OCH3 is 1. The number of hydrogen-bond donors (Lipinski definition) is 2. The van der Waals surface area contributed by atoms with E-state index >= 15 is 0 Å². The van der Waals surface area contributed by atoms with E-state index in [4.69, 9.17) is 4.74 Å². The van der Waals surface area contributed by atoms with E-state index in [1.54, 1.807) is 19.4 Å². The van der Waals surface area contributed by atoms with Crippen LogP contribution in [0, 0.1) is 18.6 Å². The second kappa shape index (κ2) is 10.7. The van der Waals surface area contributed by atoms with Gasteiger partial charge in [-0.15, -0.1) is 0 Å². The zero-order chi connectivity index (χ0) is 24.1. The van der Waals surface area contributed by atoms with Gasteiger partial charge in [-0.25, -0.2) is 13.6 Å².